The van der Waals surface area contributed by atoms with E-state index in [-0.39, 0.29) is 0 Å². The minimum atomic E-state index is 0.655. The van der Waals surface area contributed by atoms with Crippen molar-refractivity contribution in [1.29, 1.82) is 0 Å². The van der Waals surface area contributed by atoms with E-state index in [2.05, 4.69) is 10.1 Å². The Labute approximate surface area is 87.9 Å². The first kappa shape index (κ1) is 9.92. The first-order valence-electron chi connectivity index (χ1n) is 4.95. The molecule has 0 amide bonds. The summed E-state index contributed by atoms with van der Waals surface area (Å²) >= 11 is 0. The molecule has 15 heavy (non-hydrogen) atoms. The number of rotatable bonds is 4. The molecule has 0 aliphatic rings. The molecule has 5 nitrogen and oxygen atoms in total. The Kier molecular flexibility index (Phi) is 2.82. The predicted molar refractivity (Wildman–Crippen MR) is 58.4 cm³/mol. The van der Waals surface area contributed by atoms with Gasteiger partial charge in [0.1, 0.15) is 0 Å². The molecular formula is C10H14N4O. The van der Waals surface area contributed by atoms with Gasteiger partial charge >= 0.3 is 0 Å². The lowest BCUT2D eigenvalue weighted by molar-refractivity contribution is 0.137. The summed E-state index contributed by atoms with van der Waals surface area (Å²) in [5.74, 6) is 0. The van der Waals surface area contributed by atoms with Crippen LogP contribution in [-0.2, 0) is 11.3 Å². The van der Waals surface area contributed by atoms with Gasteiger partial charge in [-0.2, -0.15) is 5.10 Å². The van der Waals surface area contributed by atoms with E-state index in [1.807, 2.05) is 11.6 Å². The van der Waals surface area contributed by atoms with Gasteiger partial charge in [-0.15, -0.1) is 0 Å². The van der Waals surface area contributed by atoms with Crippen LogP contribution in [0.5, 0.6) is 0 Å². The van der Waals surface area contributed by atoms with Gasteiger partial charge in [-0.05, 0) is 6.92 Å². The molecular weight excluding hydrogens is 192 g/mol. The third-order valence-corrected chi connectivity index (χ3v) is 2.25. The van der Waals surface area contributed by atoms with E-state index >= 15 is 0 Å². The number of nitrogens with two attached hydrogens (primary N) is 1. The Morgan fingerprint density at radius 2 is 2.27 bits per heavy atom. The van der Waals surface area contributed by atoms with Gasteiger partial charge in [-0.3, -0.25) is 9.67 Å². The van der Waals surface area contributed by atoms with Gasteiger partial charge < -0.3 is 10.5 Å². The van der Waals surface area contributed by atoms with Gasteiger partial charge in [-0.25, -0.2) is 0 Å². The summed E-state index contributed by atoms with van der Waals surface area (Å²) in [6, 6.07) is 0. The summed E-state index contributed by atoms with van der Waals surface area (Å²) in [5.41, 5.74) is 7.39. The van der Waals surface area contributed by atoms with Crippen LogP contribution in [0.2, 0.25) is 0 Å². The number of nitrogen functional groups attached to an aromatic ring is 1. The molecule has 80 valence electrons. The van der Waals surface area contributed by atoms with Crippen LogP contribution in [0.4, 0.5) is 5.69 Å². The predicted octanol–water partition coefficient (Wildman–Crippen LogP) is 1.05. The van der Waals surface area contributed by atoms with E-state index in [1.54, 1.807) is 18.6 Å². The van der Waals surface area contributed by atoms with Crippen molar-refractivity contribution in [2.24, 2.45) is 0 Å². The topological polar surface area (TPSA) is 66.0 Å². The number of fused-ring (bicyclic) bond motifs is 1. The van der Waals surface area contributed by atoms with E-state index in [4.69, 9.17) is 10.5 Å². The number of pyridine rings is 1. The van der Waals surface area contributed by atoms with Crippen molar-refractivity contribution < 1.29 is 4.74 Å². The number of aromatic nitrogens is 3. The van der Waals surface area contributed by atoms with Crippen LogP contribution >= 0.6 is 0 Å². The second-order valence-corrected chi connectivity index (χ2v) is 3.23. The van der Waals surface area contributed by atoms with Crippen molar-refractivity contribution >= 4 is 16.6 Å². The molecule has 0 aliphatic carbocycles. The van der Waals surface area contributed by atoms with E-state index in [1.165, 1.54) is 0 Å². The average Bonchev–Trinajstić information content (AvgIpc) is 2.64. The summed E-state index contributed by atoms with van der Waals surface area (Å²) in [4.78, 5) is 4.05. The van der Waals surface area contributed by atoms with Gasteiger partial charge in [-0.1, -0.05) is 0 Å². The highest BCUT2D eigenvalue weighted by atomic mass is 16.5. The Morgan fingerprint density at radius 3 is 3.07 bits per heavy atom. The maximum Gasteiger partial charge on any atom is 0.0887 e. The Balaban J connectivity index is 2.25. The van der Waals surface area contributed by atoms with Crippen molar-refractivity contribution in [3.05, 3.63) is 18.6 Å². The third kappa shape index (κ3) is 1.92. The molecule has 0 aliphatic heterocycles. The third-order valence-electron chi connectivity index (χ3n) is 2.25. The lowest BCUT2D eigenvalue weighted by Crippen LogP contribution is -2.07. The van der Waals surface area contributed by atoms with Crippen molar-refractivity contribution in [3.63, 3.8) is 0 Å². The number of hydrogen-bond acceptors (Lipinski definition) is 4. The standard InChI is InChI=1S/C10H14N4O/c1-2-15-4-3-14-10-7-12-6-9(11)8(10)5-13-14/h5-7H,2-4,11H2,1H3. The van der Waals surface area contributed by atoms with Crippen LogP contribution in [0, 0.1) is 0 Å². The summed E-state index contributed by atoms with van der Waals surface area (Å²) in [6.45, 7) is 4.07. The van der Waals surface area contributed by atoms with Crippen molar-refractivity contribution in [2.75, 3.05) is 18.9 Å². The fourth-order valence-corrected chi connectivity index (χ4v) is 1.48. The molecule has 5 heteroatoms. The van der Waals surface area contributed by atoms with Gasteiger partial charge in [0, 0.05) is 12.0 Å². The highest BCUT2D eigenvalue weighted by Gasteiger charge is 2.04. The second kappa shape index (κ2) is 4.27. The fourth-order valence-electron chi connectivity index (χ4n) is 1.48. The van der Waals surface area contributed by atoms with E-state index in [0.717, 1.165) is 24.1 Å². The molecule has 0 bridgehead atoms. The number of anilines is 1. The molecule has 0 fully saturated rings. The van der Waals surface area contributed by atoms with Crippen LogP contribution in [0.15, 0.2) is 18.6 Å². The van der Waals surface area contributed by atoms with Crippen molar-refractivity contribution in [1.82, 2.24) is 14.8 Å². The van der Waals surface area contributed by atoms with Gasteiger partial charge in [0.15, 0.2) is 0 Å². The SMILES string of the molecule is CCOCCn1ncc2c(N)cncc21. The zero-order valence-electron chi connectivity index (χ0n) is 8.68. The molecule has 2 heterocycles. The Morgan fingerprint density at radius 1 is 1.40 bits per heavy atom. The summed E-state index contributed by atoms with van der Waals surface area (Å²) in [6.07, 6.45) is 5.17. The van der Waals surface area contributed by atoms with Crippen molar-refractivity contribution in [3.8, 4) is 0 Å². The van der Waals surface area contributed by atoms with Gasteiger partial charge in [0.25, 0.3) is 0 Å². The number of nitrogens with zero attached hydrogens (tertiary/aromatic N) is 3. The first-order valence-corrected chi connectivity index (χ1v) is 4.95. The maximum atomic E-state index is 5.78. The molecule has 2 aromatic heterocycles. The van der Waals surface area contributed by atoms with Crippen LogP contribution in [0.25, 0.3) is 10.9 Å². The first-order chi connectivity index (χ1) is 7.33. The van der Waals surface area contributed by atoms with Gasteiger partial charge in [0.2, 0.25) is 0 Å². The second-order valence-electron chi connectivity index (χ2n) is 3.23. The zero-order valence-corrected chi connectivity index (χ0v) is 8.68. The maximum absolute atomic E-state index is 5.78. The van der Waals surface area contributed by atoms with Gasteiger partial charge in [0.05, 0.1) is 42.9 Å². The molecule has 0 unspecified atom stereocenters. The molecule has 2 N–H and O–H groups in total. The lowest BCUT2D eigenvalue weighted by atomic mass is 10.3. The van der Waals surface area contributed by atoms with Crippen LogP contribution in [0.3, 0.4) is 0 Å². The zero-order chi connectivity index (χ0) is 10.7. The molecule has 0 radical (unpaired) electrons. The molecule has 0 atom stereocenters. The minimum absolute atomic E-state index is 0.655. The van der Waals surface area contributed by atoms with Crippen LogP contribution in [-0.4, -0.2) is 28.0 Å². The summed E-state index contributed by atoms with van der Waals surface area (Å²) in [7, 11) is 0. The quantitative estimate of drug-likeness (QED) is 0.759. The highest BCUT2D eigenvalue weighted by Crippen LogP contribution is 2.18. The summed E-state index contributed by atoms with van der Waals surface area (Å²) < 4.78 is 7.13. The van der Waals surface area contributed by atoms with Crippen molar-refractivity contribution in [2.45, 2.75) is 13.5 Å². The molecule has 0 spiro atoms. The Hall–Kier alpha value is -1.62. The van der Waals surface area contributed by atoms with E-state index in [0.29, 0.717) is 12.3 Å². The largest absolute Gasteiger partial charge is 0.397 e. The normalized spacial score (nSPS) is 11.0. The molecule has 0 aromatic carbocycles. The minimum Gasteiger partial charge on any atom is -0.397 e. The summed E-state index contributed by atoms with van der Waals surface area (Å²) in [5, 5.41) is 5.19. The molecule has 0 saturated heterocycles. The van der Waals surface area contributed by atoms with Crippen LogP contribution < -0.4 is 5.73 Å². The average molecular weight is 206 g/mol. The monoisotopic (exact) mass is 206 g/mol. The van der Waals surface area contributed by atoms with Crippen LogP contribution in [0.1, 0.15) is 6.92 Å². The highest BCUT2D eigenvalue weighted by molar-refractivity contribution is 5.88. The Bertz CT molecular complexity index is 452. The molecule has 0 saturated carbocycles. The fraction of sp³-hybridized carbons (Fsp3) is 0.400. The van der Waals surface area contributed by atoms with E-state index in [9.17, 15) is 0 Å². The number of hydrogen-bond donors (Lipinski definition) is 1. The lowest BCUT2D eigenvalue weighted by Gasteiger charge is -2.03. The van der Waals surface area contributed by atoms with E-state index < -0.39 is 0 Å². The smallest absolute Gasteiger partial charge is 0.0887 e. The molecule has 2 rings (SSSR count). The number of ether oxygens (including phenoxy) is 1. The molecule has 2 aromatic rings.